The lowest BCUT2D eigenvalue weighted by atomic mass is 9.89. The van der Waals surface area contributed by atoms with Crippen LogP contribution in [0.4, 0.5) is 0 Å². The van der Waals surface area contributed by atoms with E-state index in [-0.39, 0.29) is 0 Å². The number of fused-ring (bicyclic) bond motifs is 7. The molecule has 0 bridgehead atoms. The van der Waals surface area contributed by atoms with Gasteiger partial charge in [-0.05, 0) is 74.8 Å². The maximum atomic E-state index is 5.35. The predicted octanol–water partition coefficient (Wildman–Crippen LogP) is 16.1. The van der Waals surface area contributed by atoms with Crippen molar-refractivity contribution in [2.45, 2.75) is 0 Å². The van der Waals surface area contributed by atoms with Crippen LogP contribution in [0.25, 0.3) is 123 Å². The third-order valence-corrected chi connectivity index (χ3v) is 13.2. The van der Waals surface area contributed by atoms with Gasteiger partial charge >= 0.3 is 0 Å². The second-order valence-electron chi connectivity index (χ2n) is 17.2. The zero-order valence-corrected chi connectivity index (χ0v) is 36.9. The summed E-state index contributed by atoms with van der Waals surface area (Å²) in [6.45, 7) is 0. The predicted molar refractivity (Wildman–Crippen MR) is 281 cm³/mol. The van der Waals surface area contributed by atoms with Crippen LogP contribution in [0.2, 0.25) is 0 Å². The van der Waals surface area contributed by atoms with E-state index in [1.54, 1.807) is 0 Å². The van der Waals surface area contributed by atoms with Crippen molar-refractivity contribution in [1.82, 2.24) is 24.1 Å². The SMILES string of the molecule is c1ccc(-c2nc(-c3ccccc3)nc(-n3c4ccccc4c4ccc5c6ccccc6n(-c6cc(-c7ccccc7-c7ccccc7)cc(-c7ccccc7-c7ccccc7)c6)c5c43)n2)cc1. The monoisotopic (exact) mass is 867 g/mol. The first-order chi connectivity index (χ1) is 33.7. The highest BCUT2D eigenvalue weighted by molar-refractivity contribution is 6.23. The molecule has 0 aliphatic carbocycles. The van der Waals surface area contributed by atoms with Crippen LogP contribution in [-0.4, -0.2) is 24.1 Å². The molecule has 0 radical (unpaired) electrons. The van der Waals surface area contributed by atoms with Gasteiger partial charge in [-0.25, -0.2) is 4.98 Å². The molecule has 0 aliphatic heterocycles. The molecule has 3 heterocycles. The number of benzene rings is 10. The van der Waals surface area contributed by atoms with E-state index < -0.39 is 0 Å². The normalized spacial score (nSPS) is 11.5. The fourth-order valence-electron chi connectivity index (χ4n) is 10.1. The molecule has 13 aromatic rings. The summed E-state index contributed by atoms with van der Waals surface area (Å²) >= 11 is 0. The van der Waals surface area contributed by atoms with Crippen molar-refractivity contribution >= 4 is 43.6 Å². The van der Waals surface area contributed by atoms with E-state index in [0.29, 0.717) is 17.6 Å². The summed E-state index contributed by atoms with van der Waals surface area (Å²) < 4.78 is 4.74. The Balaban J connectivity index is 1.16. The molecule has 0 saturated carbocycles. The topological polar surface area (TPSA) is 48.5 Å². The molecule has 0 aliphatic rings. The van der Waals surface area contributed by atoms with Crippen molar-refractivity contribution in [1.29, 1.82) is 0 Å². The molecule has 10 aromatic carbocycles. The second-order valence-corrected chi connectivity index (χ2v) is 17.2. The second kappa shape index (κ2) is 16.4. The Labute approximate surface area is 393 Å². The standard InChI is InChI=1S/C63H41N5/c1-5-21-42(22-6-1)49-29-13-15-31-51(49)46-39-47(52-32-16-14-30-50(52)43-23-7-2-8-24-43)41-48(40-46)67-57-35-19-17-33-53(57)55-37-38-56-54-34-18-20-36-58(54)68(60(56)59(55)67)63-65-61(44-25-9-3-10-26-44)64-62(66-63)45-27-11-4-12-28-45/h1-41H. The maximum absolute atomic E-state index is 5.35. The van der Waals surface area contributed by atoms with Gasteiger partial charge in [0.1, 0.15) is 0 Å². The molecular formula is C63H41N5. The summed E-state index contributed by atoms with van der Waals surface area (Å²) in [4.78, 5) is 15.8. The van der Waals surface area contributed by atoms with Gasteiger partial charge in [0.05, 0.1) is 22.1 Å². The molecule has 5 nitrogen and oxygen atoms in total. The first-order valence-electron chi connectivity index (χ1n) is 23.0. The van der Waals surface area contributed by atoms with Crippen LogP contribution in [-0.2, 0) is 0 Å². The number of rotatable bonds is 8. The Bertz CT molecular complexity index is 3850. The lowest BCUT2D eigenvalue weighted by Gasteiger charge is -2.18. The van der Waals surface area contributed by atoms with Crippen LogP contribution in [0, 0.1) is 0 Å². The van der Waals surface area contributed by atoms with E-state index in [1.165, 1.54) is 22.3 Å². The van der Waals surface area contributed by atoms with E-state index in [2.05, 4.69) is 221 Å². The van der Waals surface area contributed by atoms with Crippen LogP contribution in [0.15, 0.2) is 249 Å². The summed E-state index contributed by atoms with van der Waals surface area (Å²) in [5.41, 5.74) is 16.3. The fourth-order valence-corrected chi connectivity index (χ4v) is 10.1. The van der Waals surface area contributed by atoms with Crippen molar-refractivity contribution in [2.75, 3.05) is 0 Å². The van der Waals surface area contributed by atoms with Gasteiger partial charge in [-0.1, -0.05) is 218 Å². The average Bonchev–Trinajstić information content (AvgIpc) is 3.95. The number of aromatic nitrogens is 5. The average molecular weight is 868 g/mol. The molecule has 0 amide bonds. The van der Waals surface area contributed by atoms with Crippen molar-refractivity contribution in [2.24, 2.45) is 0 Å². The highest BCUT2D eigenvalue weighted by Gasteiger charge is 2.24. The third-order valence-electron chi connectivity index (χ3n) is 13.2. The van der Waals surface area contributed by atoms with Gasteiger partial charge in [0, 0.05) is 38.4 Å². The van der Waals surface area contributed by atoms with E-state index in [9.17, 15) is 0 Å². The summed E-state index contributed by atoms with van der Waals surface area (Å²) in [5, 5.41) is 4.53. The van der Waals surface area contributed by atoms with Crippen LogP contribution in [0.5, 0.6) is 0 Å². The summed E-state index contributed by atoms with van der Waals surface area (Å²) in [6.07, 6.45) is 0. The molecule has 68 heavy (non-hydrogen) atoms. The van der Waals surface area contributed by atoms with Crippen molar-refractivity contribution in [3.8, 4) is 78.9 Å². The summed E-state index contributed by atoms with van der Waals surface area (Å²) in [5.74, 6) is 1.77. The van der Waals surface area contributed by atoms with E-state index >= 15 is 0 Å². The highest BCUT2D eigenvalue weighted by atomic mass is 15.2. The Morgan fingerprint density at radius 1 is 0.250 bits per heavy atom. The van der Waals surface area contributed by atoms with Crippen molar-refractivity contribution in [3.05, 3.63) is 249 Å². The summed E-state index contributed by atoms with van der Waals surface area (Å²) in [7, 11) is 0. The van der Waals surface area contributed by atoms with E-state index in [0.717, 1.165) is 82.7 Å². The maximum Gasteiger partial charge on any atom is 0.238 e. The lowest BCUT2D eigenvalue weighted by Crippen LogP contribution is -2.07. The van der Waals surface area contributed by atoms with Gasteiger partial charge in [-0.3, -0.25) is 4.57 Å². The Kier molecular flexibility index (Phi) is 9.43. The Hall–Kier alpha value is -9.19. The number of hydrogen-bond donors (Lipinski definition) is 0. The quantitative estimate of drug-likeness (QED) is 0.153. The Morgan fingerprint density at radius 3 is 1.06 bits per heavy atom. The molecular weight excluding hydrogens is 827 g/mol. The van der Waals surface area contributed by atoms with Crippen LogP contribution in [0.3, 0.4) is 0 Å². The lowest BCUT2D eigenvalue weighted by molar-refractivity contribution is 0.953. The minimum Gasteiger partial charge on any atom is -0.307 e. The third kappa shape index (κ3) is 6.59. The number of hydrogen-bond acceptors (Lipinski definition) is 3. The molecule has 318 valence electrons. The zero-order chi connectivity index (χ0) is 45.0. The van der Waals surface area contributed by atoms with Gasteiger partial charge in [0.2, 0.25) is 5.95 Å². The fraction of sp³-hybridized carbons (Fsp3) is 0. The molecule has 0 saturated heterocycles. The molecule has 3 aromatic heterocycles. The van der Waals surface area contributed by atoms with Gasteiger partial charge in [-0.15, -0.1) is 0 Å². The van der Waals surface area contributed by atoms with Crippen LogP contribution >= 0.6 is 0 Å². The molecule has 0 fully saturated rings. The highest BCUT2D eigenvalue weighted by Crippen LogP contribution is 2.44. The molecule has 0 unspecified atom stereocenters. The van der Waals surface area contributed by atoms with Gasteiger partial charge in [-0.2, -0.15) is 9.97 Å². The summed E-state index contributed by atoms with van der Waals surface area (Å²) in [6, 6.07) is 88.5. The number of nitrogens with zero attached hydrogens (tertiary/aromatic N) is 5. The minimum absolute atomic E-state index is 0.552. The van der Waals surface area contributed by atoms with Gasteiger partial charge in [0.15, 0.2) is 11.6 Å². The molecule has 13 rings (SSSR count). The zero-order valence-electron chi connectivity index (χ0n) is 36.9. The molecule has 5 heteroatoms. The molecule has 0 N–H and O–H groups in total. The first kappa shape index (κ1) is 39.2. The smallest absolute Gasteiger partial charge is 0.238 e. The van der Waals surface area contributed by atoms with Crippen LogP contribution < -0.4 is 0 Å². The molecule has 0 spiro atoms. The molecule has 0 atom stereocenters. The van der Waals surface area contributed by atoms with Gasteiger partial charge in [0.25, 0.3) is 0 Å². The van der Waals surface area contributed by atoms with Crippen molar-refractivity contribution in [3.63, 3.8) is 0 Å². The van der Waals surface area contributed by atoms with E-state index in [1.807, 2.05) is 36.4 Å². The van der Waals surface area contributed by atoms with E-state index in [4.69, 9.17) is 15.0 Å². The van der Waals surface area contributed by atoms with Gasteiger partial charge < -0.3 is 4.57 Å². The number of para-hydroxylation sites is 2. The van der Waals surface area contributed by atoms with Crippen molar-refractivity contribution < 1.29 is 0 Å². The van der Waals surface area contributed by atoms with Crippen LogP contribution in [0.1, 0.15) is 0 Å². The largest absolute Gasteiger partial charge is 0.307 e. The first-order valence-corrected chi connectivity index (χ1v) is 23.0. The minimum atomic E-state index is 0.552. The Morgan fingerprint density at radius 2 is 0.603 bits per heavy atom.